The van der Waals surface area contributed by atoms with E-state index in [-0.39, 0.29) is 0 Å². The maximum absolute atomic E-state index is 4.39. The summed E-state index contributed by atoms with van der Waals surface area (Å²) in [6, 6.07) is 4.57. The zero-order chi connectivity index (χ0) is 15.8. The lowest BCUT2D eigenvalue weighted by Gasteiger charge is -2.30. The first-order chi connectivity index (χ1) is 9.93. The Labute approximate surface area is 129 Å². The second kappa shape index (κ2) is 8.95. The molecular formula is C16H31N5. The van der Waals surface area contributed by atoms with Crippen LogP contribution < -0.4 is 10.2 Å². The predicted octanol–water partition coefficient (Wildman–Crippen LogP) is 2.00. The smallest absolute Gasteiger partial charge is 0.151 e. The van der Waals surface area contributed by atoms with Crippen LogP contribution in [0.1, 0.15) is 33.4 Å². The Bertz CT molecular complexity index is 388. The third kappa shape index (κ3) is 6.40. The molecule has 0 aromatic carbocycles. The Morgan fingerprint density at radius 1 is 1.14 bits per heavy atom. The standard InChI is InChI=1S/C16H31N5/c1-7-21(14(4)12-20(5)6)16-9-8-15(18-19-16)11-17-10-13(2)3/h8-9,13-14,17H,7,10-12H2,1-6H3. The molecule has 0 aliphatic rings. The summed E-state index contributed by atoms with van der Waals surface area (Å²) < 4.78 is 0. The molecule has 0 saturated carbocycles. The van der Waals surface area contributed by atoms with Crippen molar-refractivity contribution in [3.63, 3.8) is 0 Å². The van der Waals surface area contributed by atoms with Crippen LogP contribution in [-0.2, 0) is 6.54 Å². The second-order valence-corrected chi connectivity index (χ2v) is 6.30. The fourth-order valence-corrected chi connectivity index (χ4v) is 2.42. The minimum atomic E-state index is 0.421. The van der Waals surface area contributed by atoms with Gasteiger partial charge in [0.25, 0.3) is 0 Å². The van der Waals surface area contributed by atoms with E-state index < -0.39 is 0 Å². The molecule has 1 aromatic heterocycles. The topological polar surface area (TPSA) is 44.3 Å². The van der Waals surface area contributed by atoms with Gasteiger partial charge in [-0.15, -0.1) is 5.10 Å². The van der Waals surface area contributed by atoms with Crippen LogP contribution in [0.25, 0.3) is 0 Å². The zero-order valence-corrected chi connectivity index (χ0v) is 14.4. The molecule has 0 saturated heterocycles. The van der Waals surface area contributed by atoms with Gasteiger partial charge in [0, 0.05) is 25.7 Å². The quantitative estimate of drug-likeness (QED) is 0.754. The molecule has 21 heavy (non-hydrogen) atoms. The van der Waals surface area contributed by atoms with Gasteiger partial charge < -0.3 is 15.1 Å². The number of hydrogen-bond donors (Lipinski definition) is 1. The molecule has 1 unspecified atom stereocenters. The minimum Gasteiger partial charge on any atom is -0.351 e. The van der Waals surface area contributed by atoms with Crippen molar-refractivity contribution in [3.05, 3.63) is 17.8 Å². The molecule has 0 spiro atoms. The van der Waals surface area contributed by atoms with Crippen LogP contribution in [0.15, 0.2) is 12.1 Å². The average molecular weight is 293 g/mol. The van der Waals surface area contributed by atoms with E-state index in [0.717, 1.165) is 37.7 Å². The maximum Gasteiger partial charge on any atom is 0.151 e. The van der Waals surface area contributed by atoms with E-state index in [4.69, 9.17) is 0 Å². The summed E-state index contributed by atoms with van der Waals surface area (Å²) in [6.45, 7) is 12.5. The lowest BCUT2D eigenvalue weighted by atomic mass is 10.2. The van der Waals surface area contributed by atoms with Crippen LogP contribution in [0.5, 0.6) is 0 Å². The molecule has 1 rings (SSSR count). The molecule has 1 heterocycles. The Morgan fingerprint density at radius 3 is 2.33 bits per heavy atom. The number of aromatic nitrogens is 2. The van der Waals surface area contributed by atoms with E-state index in [1.807, 2.05) is 0 Å². The van der Waals surface area contributed by atoms with Crippen molar-refractivity contribution in [3.8, 4) is 0 Å². The second-order valence-electron chi connectivity index (χ2n) is 6.30. The summed E-state index contributed by atoms with van der Waals surface area (Å²) in [7, 11) is 4.19. The molecule has 5 nitrogen and oxygen atoms in total. The van der Waals surface area contributed by atoms with Crippen molar-refractivity contribution >= 4 is 5.82 Å². The molecule has 0 fully saturated rings. The third-order valence-electron chi connectivity index (χ3n) is 3.36. The number of anilines is 1. The highest BCUT2D eigenvalue weighted by Crippen LogP contribution is 2.13. The van der Waals surface area contributed by atoms with E-state index in [9.17, 15) is 0 Å². The Kier molecular flexibility index (Phi) is 7.61. The van der Waals surface area contributed by atoms with Crippen molar-refractivity contribution in [2.24, 2.45) is 5.92 Å². The van der Waals surface area contributed by atoms with Gasteiger partial charge in [-0.1, -0.05) is 13.8 Å². The molecule has 1 atom stereocenters. The highest BCUT2D eigenvalue weighted by Gasteiger charge is 2.15. The van der Waals surface area contributed by atoms with Crippen LogP contribution in [-0.4, -0.2) is 54.9 Å². The molecule has 1 aromatic rings. The van der Waals surface area contributed by atoms with Gasteiger partial charge in [0.05, 0.1) is 5.69 Å². The highest BCUT2D eigenvalue weighted by atomic mass is 15.3. The van der Waals surface area contributed by atoms with Crippen LogP contribution >= 0.6 is 0 Å². The SMILES string of the molecule is CCN(c1ccc(CNCC(C)C)nn1)C(C)CN(C)C. The monoisotopic (exact) mass is 293 g/mol. The Hall–Kier alpha value is -1.20. The Balaban J connectivity index is 2.62. The Morgan fingerprint density at radius 2 is 1.86 bits per heavy atom. The molecule has 0 aliphatic heterocycles. The van der Waals surface area contributed by atoms with Gasteiger partial charge in [-0.2, -0.15) is 5.10 Å². The average Bonchev–Trinajstić information content (AvgIpc) is 2.40. The third-order valence-corrected chi connectivity index (χ3v) is 3.36. The van der Waals surface area contributed by atoms with Gasteiger partial charge in [0.15, 0.2) is 5.82 Å². The van der Waals surface area contributed by atoms with E-state index in [0.29, 0.717) is 12.0 Å². The molecule has 1 N–H and O–H groups in total. The van der Waals surface area contributed by atoms with Gasteiger partial charge >= 0.3 is 0 Å². The van der Waals surface area contributed by atoms with Crippen LogP contribution in [0.4, 0.5) is 5.82 Å². The molecule has 0 radical (unpaired) electrons. The number of nitrogens with zero attached hydrogens (tertiary/aromatic N) is 4. The van der Waals surface area contributed by atoms with Crippen molar-refractivity contribution in [1.82, 2.24) is 20.4 Å². The predicted molar refractivity (Wildman–Crippen MR) is 89.6 cm³/mol. The van der Waals surface area contributed by atoms with Crippen LogP contribution in [0, 0.1) is 5.92 Å². The van der Waals surface area contributed by atoms with Gasteiger partial charge in [-0.05, 0) is 52.5 Å². The maximum atomic E-state index is 4.39. The van der Waals surface area contributed by atoms with Gasteiger partial charge in [-0.3, -0.25) is 0 Å². The summed E-state index contributed by atoms with van der Waals surface area (Å²) in [5.41, 5.74) is 0.996. The van der Waals surface area contributed by atoms with Crippen LogP contribution in [0.2, 0.25) is 0 Å². The fraction of sp³-hybridized carbons (Fsp3) is 0.750. The first kappa shape index (κ1) is 17.9. The lowest BCUT2D eigenvalue weighted by Crippen LogP contribution is -2.40. The van der Waals surface area contributed by atoms with Crippen molar-refractivity contribution in [2.45, 2.75) is 40.3 Å². The number of likely N-dealkylation sites (N-methyl/N-ethyl adjacent to an activating group) is 2. The highest BCUT2D eigenvalue weighted by molar-refractivity contribution is 5.38. The fourth-order valence-electron chi connectivity index (χ4n) is 2.42. The molecular weight excluding hydrogens is 262 g/mol. The van der Waals surface area contributed by atoms with E-state index in [2.05, 4.69) is 79.2 Å². The van der Waals surface area contributed by atoms with E-state index in [1.54, 1.807) is 0 Å². The number of rotatable bonds is 9. The minimum absolute atomic E-state index is 0.421. The zero-order valence-electron chi connectivity index (χ0n) is 14.4. The molecule has 0 aliphatic carbocycles. The van der Waals surface area contributed by atoms with E-state index >= 15 is 0 Å². The number of nitrogens with one attached hydrogen (secondary N) is 1. The molecule has 0 amide bonds. The summed E-state index contributed by atoms with van der Waals surface area (Å²) in [6.07, 6.45) is 0. The van der Waals surface area contributed by atoms with E-state index in [1.165, 1.54) is 0 Å². The van der Waals surface area contributed by atoms with Crippen molar-refractivity contribution in [2.75, 3.05) is 38.6 Å². The lowest BCUT2D eigenvalue weighted by molar-refractivity contribution is 0.372. The first-order valence-corrected chi connectivity index (χ1v) is 7.88. The van der Waals surface area contributed by atoms with Gasteiger partial charge in [-0.25, -0.2) is 0 Å². The summed E-state index contributed by atoms with van der Waals surface area (Å²) in [5, 5.41) is 12.1. The van der Waals surface area contributed by atoms with Gasteiger partial charge in [0.2, 0.25) is 0 Å². The first-order valence-electron chi connectivity index (χ1n) is 7.88. The summed E-state index contributed by atoms with van der Waals surface area (Å²) in [5.74, 6) is 1.61. The molecule has 120 valence electrons. The summed E-state index contributed by atoms with van der Waals surface area (Å²) >= 11 is 0. The number of hydrogen-bond acceptors (Lipinski definition) is 5. The van der Waals surface area contributed by atoms with Crippen molar-refractivity contribution < 1.29 is 0 Å². The normalized spacial score (nSPS) is 13.0. The van der Waals surface area contributed by atoms with Gasteiger partial charge in [0.1, 0.15) is 0 Å². The molecule has 0 bridgehead atoms. The largest absolute Gasteiger partial charge is 0.351 e. The van der Waals surface area contributed by atoms with Crippen LogP contribution in [0.3, 0.4) is 0 Å². The summed E-state index contributed by atoms with van der Waals surface area (Å²) in [4.78, 5) is 4.49. The van der Waals surface area contributed by atoms with Crippen molar-refractivity contribution in [1.29, 1.82) is 0 Å². The molecule has 5 heteroatoms.